The first kappa shape index (κ1) is 13.2. The molecule has 0 aliphatic rings. The Morgan fingerprint density at radius 2 is 2.00 bits per heavy atom. The Kier molecular flexibility index (Phi) is 4.11. The second-order valence-electron chi connectivity index (χ2n) is 4.03. The summed E-state index contributed by atoms with van der Waals surface area (Å²) in [5.41, 5.74) is 3.71. The fourth-order valence-electron chi connectivity index (χ4n) is 1.85. The molecule has 0 saturated heterocycles. The molecule has 2 N–H and O–H groups in total. The molecule has 2 rings (SSSR count). The van der Waals surface area contributed by atoms with Crippen LogP contribution >= 0.6 is 11.3 Å². The summed E-state index contributed by atoms with van der Waals surface area (Å²) in [4.78, 5) is 4.28. The zero-order valence-electron chi connectivity index (χ0n) is 9.69. The highest BCUT2D eigenvalue weighted by Crippen LogP contribution is 2.27. The molecule has 0 saturated carbocycles. The maximum Gasteiger partial charge on any atom is 0.209 e. The third-order valence-electron chi connectivity index (χ3n) is 2.70. The van der Waals surface area contributed by atoms with Crippen molar-refractivity contribution in [3.8, 4) is 0 Å². The van der Waals surface area contributed by atoms with Gasteiger partial charge in [0.15, 0.2) is 0 Å². The third kappa shape index (κ3) is 3.63. The third-order valence-corrected chi connectivity index (χ3v) is 4.11. The molecule has 18 heavy (non-hydrogen) atoms. The molecule has 1 heterocycles. The van der Waals surface area contributed by atoms with Crippen molar-refractivity contribution >= 4 is 21.4 Å². The van der Waals surface area contributed by atoms with Gasteiger partial charge in [0.1, 0.15) is 0 Å². The van der Waals surface area contributed by atoms with Crippen LogP contribution in [0.25, 0.3) is 0 Å². The second kappa shape index (κ2) is 5.60. The van der Waals surface area contributed by atoms with E-state index in [1.54, 1.807) is 5.51 Å². The number of nitrogens with two attached hydrogens (primary N) is 1. The Morgan fingerprint density at radius 1 is 1.28 bits per heavy atom. The zero-order chi connectivity index (χ0) is 13.0. The van der Waals surface area contributed by atoms with Crippen molar-refractivity contribution < 1.29 is 8.42 Å². The fraction of sp³-hybridized carbons (Fsp3) is 0.250. The lowest BCUT2D eigenvalue weighted by molar-refractivity contribution is 0.591. The molecule has 2 aromatic rings. The second-order valence-corrected chi connectivity index (χ2v) is 6.48. The molecule has 4 nitrogen and oxygen atoms in total. The molecule has 0 aliphatic heterocycles. The van der Waals surface area contributed by atoms with Gasteiger partial charge in [-0.25, -0.2) is 18.5 Å². The largest absolute Gasteiger partial charge is 0.249 e. The van der Waals surface area contributed by atoms with Crippen LogP contribution in [0.2, 0.25) is 0 Å². The van der Waals surface area contributed by atoms with Gasteiger partial charge in [-0.3, -0.25) is 0 Å². The summed E-state index contributed by atoms with van der Waals surface area (Å²) in [6.07, 6.45) is 0.451. The van der Waals surface area contributed by atoms with Gasteiger partial charge in [0.25, 0.3) is 0 Å². The van der Waals surface area contributed by atoms with Gasteiger partial charge in [-0.1, -0.05) is 30.3 Å². The Bertz CT molecular complexity index is 580. The number of sulfonamides is 1. The topological polar surface area (TPSA) is 73.1 Å². The SMILES string of the molecule is NS(=O)(=O)CCC(c1ccccc1)c1cscn1. The Balaban J connectivity index is 2.25. The summed E-state index contributed by atoms with van der Waals surface area (Å²) in [5, 5.41) is 7.01. The summed E-state index contributed by atoms with van der Waals surface area (Å²) in [7, 11) is -3.44. The number of benzene rings is 1. The van der Waals surface area contributed by atoms with E-state index in [1.165, 1.54) is 11.3 Å². The highest BCUT2D eigenvalue weighted by Gasteiger charge is 2.18. The van der Waals surface area contributed by atoms with Crippen LogP contribution < -0.4 is 5.14 Å². The number of rotatable bonds is 5. The van der Waals surface area contributed by atoms with Crippen molar-refractivity contribution in [2.24, 2.45) is 5.14 Å². The average molecular weight is 282 g/mol. The van der Waals surface area contributed by atoms with Crippen molar-refractivity contribution in [1.29, 1.82) is 0 Å². The normalized spacial score (nSPS) is 13.4. The van der Waals surface area contributed by atoms with Crippen LogP contribution in [0.5, 0.6) is 0 Å². The maximum absolute atomic E-state index is 11.1. The lowest BCUT2D eigenvalue weighted by atomic mass is 9.94. The molecular formula is C12H14N2O2S2. The number of hydrogen-bond donors (Lipinski definition) is 1. The van der Waals surface area contributed by atoms with Crippen molar-refractivity contribution in [2.45, 2.75) is 12.3 Å². The molecule has 0 bridgehead atoms. The van der Waals surface area contributed by atoms with Crippen LogP contribution in [0.4, 0.5) is 0 Å². The van der Waals surface area contributed by atoms with Gasteiger partial charge >= 0.3 is 0 Å². The summed E-state index contributed by atoms with van der Waals surface area (Å²) >= 11 is 1.50. The number of nitrogens with zero attached hydrogens (tertiary/aromatic N) is 1. The van der Waals surface area contributed by atoms with E-state index in [-0.39, 0.29) is 11.7 Å². The molecule has 0 aliphatic carbocycles. The summed E-state index contributed by atoms with van der Waals surface area (Å²) in [6.45, 7) is 0. The summed E-state index contributed by atoms with van der Waals surface area (Å²) in [6, 6.07) is 9.76. The molecule has 1 aromatic carbocycles. The Labute approximate surface area is 111 Å². The van der Waals surface area contributed by atoms with E-state index in [4.69, 9.17) is 5.14 Å². The van der Waals surface area contributed by atoms with Crippen LogP contribution in [0, 0.1) is 0 Å². The molecule has 1 atom stereocenters. The van der Waals surface area contributed by atoms with Crippen LogP contribution in [-0.2, 0) is 10.0 Å². The quantitative estimate of drug-likeness (QED) is 0.911. The van der Waals surface area contributed by atoms with E-state index in [2.05, 4.69) is 4.98 Å². The summed E-state index contributed by atoms with van der Waals surface area (Å²) in [5.74, 6) is -0.0554. The monoisotopic (exact) mass is 282 g/mol. The minimum atomic E-state index is -3.44. The van der Waals surface area contributed by atoms with Crippen LogP contribution in [0.1, 0.15) is 23.6 Å². The van der Waals surface area contributed by atoms with Crippen LogP contribution in [0.3, 0.4) is 0 Å². The first-order valence-corrected chi connectivity index (χ1v) is 8.15. The van der Waals surface area contributed by atoms with Crippen molar-refractivity contribution in [2.75, 3.05) is 5.75 Å². The van der Waals surface area contributed by atoms with Crippen LogP contribution in [0.15, 0.2) is 41.2 Å². The van der Waals surface area contributed by atoms with E-state index in [0.717, 1.165) is 11.3 Å². The molecule has 1 aromatic heterocycles. The predicted molar refractivity (Wildman–Crippen MR) is 73.0 cm³/mol. The van der Waals surface area contributed by atoms with Crippen molar-refractivity contribution in [3.63, 3.8) is 0 Å². The van der Waals surface area contributed by atoms with E-state index in [9.17, 15) is 8.42 Å². The van der Waals surface area contributed by atoms with Crippen molar-refractivity contribution in [1.82, 2.24) is 4.98 Å². The molecule has 1 unspecified atom stereocenters. The Hall–Kier alpha value is -1.24. The standard InChI is InChI=1S/C12H14N2O2S2/c13-18(15,16)7-6-11(12-8-17-9-14-12)10-4-2-1-3-5-10/h1-5,8-9,11H,6-7H2,(H2,13,15,16). The highest BCUT2D eigenvalue weighted by molar-refractivity contribution is 7.89. The zero-order valence-corrected chi connectivity index (χ0v) is 11.3. The van der Waals surface area contributed by atoms with Gasteiger partial charge in [-0.2, -0.15) is 0 Å². The van der Waals surface area contributed by atoms with E-state index in [0.29, 0.717) is 6.42 Å². The number of aromatic nitrogens is 1. The van der Waals surface area contributed by atoms with E-state index < -0.39 is 10.0 Å². The molecular weight excluding hydrogens is 268 g/mol. The van der Waals surface area contributed by atoms with Crippen LogP contribution in [-0.4, -0.2) is 19.2 Å². The van der Waals surface area contributed by atoms with E-state index in [1.807, 2.05) is 35.7 Å². The number of hydrogen-bond acceptors (Lipinski definition) is 4. The number of thiazole rings is 1. The molecule has 6 heteroatoms. The minimum Gasteiger partial charge on any atom is -0.249 e. The smallest absolute Gasteiger partial charge is 0.209 e. The molecule has 0 radical (unpaired) electrons. The van der Waals surface area contributed by atoms with E-state index >= 15 is 0 Å². The first-order valence-electron chi connectivity index (χ1n) is 5.50. The molecule has 0 amide bonds. The van der Waals surface area contributed by atoms with Gasteiger partial charge in [-0.05, 0) is 12.0 Å². The van der Waals surface area contributed by atoms with Gasteiger partial charge in [0.05, 0.1) is 17.0 Å². The lowest BCUT2D eigenvalue weighted by Gasteiger charge is -2.14. The maximum atomic E-state index is 11.1. The fourth-order valence-corrected chi connectivity index (χ4v) is 3.02. The van der Waals surface area contributed by atoms with Gasteiger partial charge in [-0.15, -0.1) is 11.3 Å². The molecule has 0 spiro atoms. The van der Waals surface area contributed by atoms with Gasteiger partial charge in [0.2, 0.25) is 10.0 Å². The number of primary sulfonamides is 1. The highest BCUT2D eigenvalue weighted by atomic mass is 32.2. The van der Waals surface area contributed by atoms with Gasteiger partial charge in [0, 0.05) is 11.3 Å². The Morgan fingerprint density at radius 3 is 2.56 bits per heavy atom. The minimum absolute atomic E-state index is 0.0178. The summed E-state index contributed by atoms with van der Waals surface area (Å²) < 4.78 is 22.2. The van der Waals surface area contributed by atoms with Crippen molar-refractivity contribution in [3.05, 3.63) is 52.5 Å². The molecule has 96 valence electrons. The average Bonchev–Trinajstić information content (AvgIpc) is 2.83. The predicted octanol–water partition coefficient (Wildman–Crippen LogP) is 1.95. The lowest BCUT2D eigenvalue weighted by Crippen LogP contribution is -2.19. The molecule has 0 fully saturated rings. The first-order chi connectivity index (χ1) is 8.56. The van der Waals surface area contributed by atoms with Gasteiger partial charge < -0.3 is 0 Å².